The number of nitrogens with zero attached hydrogens (tertiary/aromatic N) is 5. The van der Waals surface area contributed by atoms with Gasteiger partial charge in [0.25, 0.3) is 0 Å². The number of fused-ring (bicyclic) bond motifs is 12. The topological polar surface area (TPSA) is 48.0 Å². The number of hydrogen-bond acceptors (Lipinski definition) is 3. The average molecular weight is 662 g/mol. The minimum absolute atomic E-state index is 0.680. The van der Waals surface area contributed by atoms with E-state index in [0.29, 0.717) is 5.82 Å². The molecular weight excluding hydrogens is 635 g/mol. The van der Waals surface area contributed by atoms with Crippen LogP contribution in [0.3, 0.4) is 0 Å². The van der Waals surface area contributed by atoms with Crippen LogP contribution in [0, 0.1) is 0 Å². The number of aromatic nitrogens is 5. The van der Waals surface area contributed by atoms with Crippen molar-refractivity contribution in [3.63, 3.8) is 0 Å². The Morgan fingerprint density at radius 1 is 0.442 bits per heavy atom. The van der Waals surface area contributed by atoms with Gasteiger partial charge in [-0.25, -0.2) is 9.97 Å². The molecule has 0 amide bonds. The van der Waals surface area contributed by atoms with Gasteiger partial charge in [-0.05, 0) is 77.5 Å². The smallest absolute Gasteiger partial charge is 0.160 e. The molecule has 5 aromatic heterocycles. The highest BCUT2D eigenvalue weighted by Gasteiger charge is 2.23. The third-order valence-corrected chi connectivity index (χ3v) is 10.9. The molecule has 0 bridgehead atoms. The Morgan fingerprint density at radius 3 is 2.06 bits per heavy atom. The molecule has 5 nitrogen and oxygen atoms in total. The van der Waals surface area contributed by atoms with Gasteiger partial charge in [-0.1, -0.05) is 91.0 Å². The summed E-state index contributed by atoms with van der Waals surface area (Å²) < 4.78 is 4.89. The highest BCUT2D eigenvalue weighted by atomic mass is 15.0. The average Bonchev–Trinajstić information content (AvgIpc) is 3.85. The van der Waals surface area contributed by atoms with Crippen LogP contribution in [-0.2, 0) is 0 Å². The Labute approximate surface area is 297 Å². The summed E-state index contributed by atoms with van der Waals surface area (Å²) in [7, 11) is 0. The summed E-state index contributed by atoms with van der Waals surface area (Å²) in [5.74, 6) is 0.680. The van der Waals surface area contributed by atoms with E-state index < -0.39 is 0 Å². The van der Waals surface area contributed by atoms with Gasteiger partial charge in [0.05, 0.1) is 33.1 Å². The van der Waals surface area contributed by atoms with Crippen LogP contribution in [-0.4, -0.2) is 23.9 Å². The van der Waals surface area contributed by atoms with Crippen molar-refractivity contribution >= 4 is 81.7 Å². The van der Waals surface area contributed by atoms with Crippen molar-refractivity contribution in [2.24, 2.45) is 0 Å². The third kappa shape index (κ3) is 3.69. The van der Waals surface area contributed by atoms with Gasteiger partial charge in [0, 0.05) is 55.3 Å². The van der Waals surface area contributed by atoms with Gasteiger partial charge < -0.3 is 8.97 Å². The molecule has 0 radical (unpaired) electrons. The summed E-state index contributed by atoms with van der Waals surface area (Å²) in [4.78, 5) is 14.7. The third-order valence-electron chi connectivity index (χ3n) is 10.9. The Morgan fingerprint density at radius 2 is 1.17 bits per heavy atom. The zero-order valence-corrected chi connectivity index (χ0v) is 27.8. The SMILES string of the molecule is c1ccc(-c2nc(-c3ccc(-n4c5cc6ccccc6cc5c5c6c7cccc8c9ccccc9n(c6ccc54)c87)cc3)nc3cccnc23)cc1. The van der Waals surface area contributed by atoms with Crippen molar-refractivity contribution in [1.29, 1.82) is 0 Å². The number of benzene rings is 7. The maximum Gasteiger partial charge on any atom is 0.160 e. The van der Waals surface area contributed by atoms with Gasteiger partial charge in [-0.2, -0.15) is 0 Å². The van der Waals surface area contributed by atoms with Crippen LogP contribution in [0.25, 0.3) is 110 Å². The Bertz CT molecular complexity index is 3390. The maximum absolute atomic E-state index is 5.08. The first-order valence-electron chi connectivity index (χ1n) is 17.6. The molecule has 0 N–H and O–H groups in total. The van der Waals surface area contributed by atoms with Gasteiger partial charge in [0.15, 0.2) is 5.82 Å². The van der Waals surface area contributed by atoms with Crippen molar-refractivity contribution in [2.45, 2.75) is 0 Å². The van der Waals surface area contributed by atoms with Gasteiger partial charge in [-0.15, -0.1) is 0 Å². The minimum Gasteiger partial charge on any atom is -0.309 e. The van der Waals surface area contributed by atoms with Crippen LogP contribution in [0.4, 0.5) is 0 Å². The van der Waals surface area contributed by atoms with E-state index in [-0.39, 0.29) is 0 Å². The molecule has 0 aliphatic carbocycles. The first-order chi connectivity index (χ1) is 25.8. The molecule has 0 aliphatic rings. The highest BCUT2D eigenvalue weighted by molar-refractivity contribution is 6.33. The second-order valence-corrected chi connectivity index (χ2v) is 13.6. The number of para-hydroxylation sites is 2. The largest absolute Gasteiger partial charge is 0.309 e. The van der Waals surface area contributed by atoms with Crippen LogP contribution in [0.15, 0.2) is 164 Å². The molecule has 240 valence electrons. The van der Waals surface area contributed by atoms with Crippen molar-refractivity contribution in [3.8, 4) is 28.3 Å². The van der Waals surface area contributed by atoms with Crippen LogP contribution >= 0.6 is 0 Å². The molecule has 7 aromatic carbocycles. The Balaban J connectivity index is 1.12. The van der Waals surface area contributed by atoms with Gasteiger partial charge in [0.2, 0.25) is 0 Å². The normalized spacial score (nSPS) is 12.2. The van der Waals surface area contributed by atoms with Crippen LogP contribution in [0.2, 0.25) is 0 Å². The van der Waals surface area contributed by atoms with Crippen molar-refractivity contribution in [1.82, 2.24) is 23.9 Å². The van der Waals surface area contributed by atoms with Crippen LogP contribution in [0.1, 0.15) is 0 Å². The lowest BCUT2D eigenvalue weighted by Crippen LogP contribution is -1.98. The van der Waals surface area contributed by atoms with Gasteiger partial charge >= 0.3 is 0 Å². The fourth-order valence-corrected chi connectivity index (χ4v) is 8.64. The summed E-state index contributed by atoms with van der Waals surface area (Å²) >= 11 is 0. The maximum atomic E-state index is 5.08. The summed E-state index contributed by atoms with van der Waals surface area (Å²) in [6, 6.07) is 56.4. The molecule has 0 fully saturated rings. The standard InChI is InChI=1S/C47H27N5/c1-2-10-28(11-3-1)44-45-37(17-9-25-48-45)49-47(50-44)29-19-21-32(22-20-29)51-39-23-24-40-42(43(39)36-26-30-12-4-5-13-31(30)27-41(36)51)35-16-8-15-34-33-14-6-7-18-38(33)52(40)46(34)35/h1-27H. The first kappa shape index (κ1) is 27.7. The van der Waals surface area contributed by atoms with E-state index in [1.165, 1.54) is 70.7 Å². The lowest BCUT2D eigenvalue weighted by Gasteiger charge is -2.11. The first-order valence-corrected chi connectivity index (χ1v) is 17.6. The van der Waals surface area contributed by atoms with Crippen molar-refractivity contribution in [3.05, 3.63) is 164 Å². The lowest BCUT2D eigenvalue weighted by atomic mass is 10.0. The Kier molecular flexibility index (Phi) is 5.44. The van der Waals surface area contributed by atoms with Crippen molar-refractivity contribution in [2.75, 3.05) is 0 Å². The van der Waals surface area contributed by atoms with E-state index in [9.17, 15) is 0 Å². The fourth-order valence-electron chi connectivity index (χ4n) is 8.64. The summed E-state index contributed by atoms with van der Waals surface area (Å²) in [5.41, 5.74) is 11.7. The molecule has 0 saturated carbocycles. The highest BCUT2D eigenvalue weighted by Crippen LogP contribution is 2.45. The van der Waals surface area contributed by atoms with E-state index in [1.54, 1.807) is 6.20 Å². The van der Waals surface area contributed by atoms with Crippen LogP contribution < -0.4 is 0 Å². The number of hydrogen-bond donors (Lipinski definition) is 0. The predicted molar refractivity (Wildman–Crippen MR) is 215 cm³/mol. The van der Waals surface area contributed by atoms with E-state index in [0.717, 1.165) is 33.5 Å². The molecule has 12 aromatic rings. The fraction of sp³-hybridized carbons (Fsp3) is 0. The molecule has 0 atom stereocenters. The van der Waals surface area contributed by atoms with Gasteiger partial charge in [0.1, 0.15) is 11.2 Å². The predicted octanol–water partition coefficient (Wildman–Crippen LogP) is 11.8. The van der Waals surface area contributed by atoms with E-state index in [1.807, 2.05) is 30.3 Å². The molecule has 0 saturated heterocycles. The monoisotopic (exact) mass is 661 g/mol. The second kappa shape index (κ2) is 10.2. The minimum atomic E-state index is 0.680. The Hall–Kier alpha value is -7.11. The molecular formula is C47H27N5. The van der Waals surface area contributed by atoms with Gasteiger partial charge in [-0.3, -0.25) is 4.98 Å². The number of pyridine rings is 1. The molecule has 5 heterocycles. The summed E-state index contributed by atoms with van der Waals surface area (Å²) in [6.07, 6.45) is 1.80. The van der Waals surface area contributed by atoms with E-state index >= 15 is 0 Å². The molecule has 0 unspecified atom stereocenters. The number of rotatable bonds is 3. The zero-order chi connectivity index (χ0) is 33.9. The van der Waals surface area contributed by atoms with E-state index in [4.69, 9.17) is 9.97 Å². The molecule has 12 rings (SSSR count). The summed E-state index contributed by atoms with van der Waals surface area (Å²) in [5, 5.41) is 10.2. The molecule has 5 heteroatoms. The second-order valence-electron chi connectivity index (χ2n) is 13.6. The zero-order valence-electron chi connectivity index (χ0n) is 27.8. The molecule has 52 heavy (non-hydrogen) atoms. The van der Waals surface area contributed by atoms with Crippen LogP contribution in [0.5, 0.6) is 0 Å². The van der Waals surface area contributed by atoms with E-state index in [2.05, 4.69) is 141 Å². The van der Waals surface area contributed by atoms with Crippen molar-refractivity contribution < 1.29 is 0 Å². The lowest BCUT2D eigenvalue weighted by molar-refractivity contribution is 1.17. The quantitative estimate of drug-likeness (QED) is 0.189. The summed E-state index contributed by atoms with van der Waals surface area (Å²) in [6.45, 7) is 0. The molecule has 0 spiro atoms. The molecule has 0 aliphatic heterocycles.